The molecule has 3 aromatic rings. The topological polar surface area (TPSA) is 149 Å². The van der Waals surface area contributed by atoms with Crippen LogP contribution >= 0.6 is 0 Å². The van der Waals surface area contributed by atoms with Crippen molar-refractivity contribution in [1.82, 2.24) is 9.97 Å². The van der Waals surface area contributed by atoms with E-state index in [0.717, 1.165) is 0 Å². The summed E-state index contributed by atoms with van der Waals surface area (Å²) < 4.78 is 21.9. The second-order valence-corrected chi connectivity index (χ2v) is 8.46. The van der Waals surface area contributed by atoms with Gasteiger partial charge in [0.15, 0.2) is 16.4 Å². The van der Waals surface area contributed by atoms with Gasteiger partial charge < -0.3 is 29.9 Å². The normalized spacial score (nSPS) is 15.3. The highest BCUT2D eigenvalue weighted by Crippen LogP contribution is 2.32. The Labute approximate surface area is 205 Å². The van der Waals surface area contributed by atoms with Crippen LogP contribution in [0, 0.1) is 5.41 Å². The maximum absolute atomic E-state index is 11.4. The van der Waals surface area contributed by atoms with E-state index < -0.39 is 11.4 Å². The molecule has 0 aliphatic heterocycles. The highest BCUT2D eigenvalue weighted by molar-refractivity contribution is 7.89. The van der Waals surface area contributed by atoms with E-state index in [1.807, 2.05) is 0 Å². The van der Waals surface area contributed by atoms with Gasteiger partial charge in [0.2, 0.25) is 5.95 Å². The number of nitrogens with two attached hydrogens (primary N) is 1. The van der Waals surface area contributed by atoms with E-state index in [0.29, 0.717) is 50.4 Å². The summed E-state index contributed by atoms with van der Waals surface area (Å²) in [6, 6.07) is 13.6. The van der Waals surface area contributed by atoms with Crippen molar-refractivity contribution in [3.8, 4) is 11.5 Å². The van der Waals surface area contributed by atoms with Gasteiger partial charge >= 0.3 is 0 Å². The molecule has 1 aliphatic rings. The van der Waals surface area contributed by atoms with Crippen LogP contribution in [0.1, 0.15) is 11.3 Å². The lowest BCUT2D eigenvalue weighted by atomic mass is 9.95. The van der Waals surface area contributed by atoms with Gasteiger partial charge in [-0.2, -0.15) is 0 Å². The van der Waals surface area contributed by atoms with Crippen LogP contribution in [0.25, 0.3) is 11.3 Å². The Balaban J connectivity index is 1.64. The molecule has 1 heterocycles. The van der Waals surface area contributed by atoms with Crippen LogP contribution in [-0.2, 0) is 11.4 Å². The molecule has 9 nitrogen and oxygen atoms in total. The number of aliphatic hydroxyl groups is 1. The fourth-order valence-corrected chi connectivity index (χ4v) is 3.82. The largest absolute Gasteiger partial charge is 0.593 e. The first-order chi connectivity index (χ1) is 16.9. The van der Waals surface area contributed by atoms with Gasteiger partial charge in [-0.15, -0.1) is 5.14 Å². The smallest absolute Gasteiger partial charge is 0.227 e. The van der Waals surface area contributed by atoms with E-state index in [4.69, 9.17) is 20.0 Å². The maximum atomic E-state index is 11.4. The first kappa shape index (κ1) is 24.0. The van der Waals surface area contributed by atoms with Crippen molar-refractivity contribution in [3.05, 3.63) is 89.8 Å². The number of hydrogen-bond donors (Lipinski definition) is 4. The van der Waals surface area contributed by atoms with Crippen LogP contribution < -0.4 is 19.9 Å². The van der Waals surface area contributed by atoms with Gasteiger partial charge in [0.1, 0.15) is 5.76 Å². The second-order valence-electron chi connectivity index (χ2n) is 7.39. The minimum atomic E-state index is -1.55. The number of aromatic nitrogens is 2. The highest BCUT2D eigenvalue weighted by atomic mass is 32.2. The Hall–Kier alpha value is -4.12. The number of rotatable bonds is 7. The predicted octanol–water partition coefficient (Wildman–Crippen LogP) is 4.16. The molecular weight excluding hydrogens is 466 g/mol. The monoisotopic (exact) mass is 489 g/mol. The van der Waals surface area contributed by atoms with Crippen molar-refractivity contribution in [2.24, 2.45) is 5.14 Å². The lowest BCUT2D eigenvalue weighted by Crippen LogP contribution is -2.11. The number of nitrogens with one attached hydrogen (secondary N) is 2. The van der Waals surface area contributed by atoms with E-state index in [-0.39, 0.29) is 11.5 Å². The molecule has 0 saturated carbocycles. The van der Waals surface area contributed by atoms with Crippen LogP contribution in [0.2, 0.25) is 0 Å². The standard InChI is InChI=1S/C25H23N5O4S/c1-33-22-10-4-16(14-23(22)34-2)24(31)19-13-15(3-9-20(19)26)21-11-12-28-25(30-21)29-17-5-7-18(8-6-17)35(27)32/h3-14,26,31H,27H2,1-2H3,(H,28,29,30)/b24-19-,26-20?. The number of hydrogen-bond acceptors (Lipinski definition) is 9. The molecule has 178 valence electrons. The molecule has 0 amide bonds. The van der Waals surface area contributed by atoms with Gasteiger partial charge in [-0.05, 0) is 60.7 Å². The van der Waals surface area contributed by atoms with E-state index in [9.17, 15) is 9.66 Å². The molecule has 1 aliphatic carbocycles. The van der Waals surface area contributed by atoms with Crippen molar-refractivity contribution in [1.29, 1.82) is 5.41 Å². The van der Waals surface area contributed by atoms with Gasteiger partial charge in [-0.3, -0.25) is 0 Å². The fraction of sp³-hybridized carbons (Fsp3) is 0.0800. The van der Waals surface area contributed by atoms with Gasteiger partial charge in [-0.1, -0.05) is 6.08 Å². The van der Waals surface area contributed by atoms with E-state index >= 15 is 0 Å². The molecule has 1 unspecified atom stereocenters. The minimum absolute atomic E-state index is 0.0670. The number of benzene rings is 2. The summed E-state index contributed by atoms with van der Waals surface area (Å²) in [5.74, 6) is 1.30. The van der Waals surface area contributed by atoms with E-state index in [1.165, 1.54) is 14.2 Å². The third-order valence-electron chi connectivity index (χ3n) is 5.23. The van der Waals surface area contributed by atoms with Gasteiger partial charge in [-0.25, -0.2) is 9.97 Å². The molecule has 0 spiro atoms. The van der Waals surface area contributed by atoms with E-state index in [2.05, 4.69) is 15.3 Å². The number of methoxy groups -OCH3 is 2. The molecule has 1 aromatic heterocycles. The molecule has 10 heteroatoms. The number of nitrogens with zero attached hydrogens (tertiary/aromatic N) is 2. The van der Waals surface area contributed by atoms with Crippen molar-refractivity contribution in [3.63, 3.8) is 0 Å². The van der Waals surface area contributed by atoms with Crippen LogP contribution in [0.5, 0.6) is 11.5 Å². The summed E-state index contributed by atoms with van der Waals surface area (Å²) in [7, 11) is 3.05. The van der Waals surface area contributed by atoms with Crippen LogP contribution in [0.15, 0.2) is 83.4 Å². The predicted molar refractivity (Wildman–Crippen MR) is 136 cm³/mol. The quantitative estimate of drug-likeness (QED) is 0.285. The Morgan fingerprint density at radius 2 is 1.80 bits per heavy atom. The minimum Gasteiger partial charge on any atom is -0.593 e. The summed E-state index contributed by atoms with van der Waals surface area (Å²) in [5.41, 5.74) is 2.99. The van der Waals surface area contributed by atoms with Crippen molar-refractivity contribution in [2.45, 2.75) is 4.90 Å². The Bertz CT molecular complexity index is 1350. The lowest BCUT2D eigenvalue weighted by molar-refractivity contribution is 0.354. The van der Waals surface area contributed by atoms with Crippen molar-refractivity contribution < 1.29 is 19.1 Å². The average molecular weight is 490 g/mol. The molecule has 0 radical (unpaired) electrons. The Morgan fingerprint density at radius 1 is 1.06 bits per heavy atom. The van der Waals surface area contributed by atoms with Gasteiger partial charge in [0.05, 0.1) is 37.0 Å². The molecule has 2 aromatic carbocycles. The summed E-state index contributed by atoms with van der Waals surface area (Å²) >= 11 is -1.55. The molecule has 0 fully saturated rings. The molecule has 1 atom stereocenters. The fourth-order valence-electron chi connectivity index (χ4n) is 3.42. The summed E-state index contributed by atoms with van der Waals surface area (Å²) in [6.45, 7) is 0. The molecule has 35 heavy (non-hydrogen) atoms. The molecule has 4 rings (SSSR count). The number of aliphatic hydroxyl groups excluding tert-OH is 1. The zero-order chi connectivity index (χ0) is 24.9. The zero-order valence-electron chi connectivity index (χ0n) is 19.0. The van der Waals surface area contributed by atoms with Crippen molar-refractivity contribution >= 4 is 40.0 Å². The Kier molecular flexibility index (Phi) is 7.16. The van der Waals surface area contributed by atoms with E-state index in [1.54, 1.807) is 73.0 Å². The average Bonchev–Trinajstić information content (AvgIpc) is 2.88. The maximum Gasteiger partial charge on any atom is 0.227 e. The zero-order valence-corrected chi connectivity index (χ0v) is 19.8. The van der Waals surface area contributed by atoms with Crippen LogP contribution in [-0.4, -0.2) is 39.6 Å². The SMILES string of the molecule is COc1ccc(/C(O)=C2\C=C(c3ccnc(Nc4ccc([S+](N)[O-])cc4)n3)C=CC2=N)cc1OC. The first-order valence-corrected chi connectivity index (χ1v) is 11.6. The molecule has 5 N–H and O–H groups in total. The third-order valence-corrected chi connectivity index (χ3v) is 5.96. The number of ether oxygens (including phenoxy) is 2. The van der Waals surface area contributed by atoms with Crippen molar-refractivity contribution in [2.75, 3.05) is 19.5 Å². The summed E-state index contributed by atoms with van der Waals surface area (Å²) in [6.07, 6.45) is 6.67. The summed E-state index contributed by atoms with van der Waals surface area (Å²) in [4.78, 5) is 9.32. The molecule has 0 bridgehead atoms. The highest BCUT2D eigenvalue weighted by Gasteiger charge is 2.17. The molecule has 0 saturated heterocycles. The van der Waals surface area contributed by atoms with Gasteiger partial charge in [0.25, 0.3) is 0 Å². The second kappa shape index (κ2) is 10.4. The third kappa shape index (κ3) is 5.35. The van der Waals surface area contributed by atoms with Gasteiger partial charge in [0, 0.05) is 28.6 Å². The lowest BCUT2D eigenvalue weighted by Gasteiger charge is -2.15. The van der Waals surface area contributed by atoms with Crippen LogP contribution in [0.3, 0.4) is 0 Å². The first-order valence-electron chi connectivity index (χ1n) is 10.4. The number of anilines is 2. The number of allylic oxidation sites excluding steroid dienone is 5. The Morgan fingerprint density at radius 3 is 2.49 bits per heavy atom. The van der Waals surface area contributed by atoms with Crippen LogP contribution in [0.4, 0.5) is 11.6 Å². The molecular formula is C25H23N5O4S. The summed E-state index contributed by atoms with van der Waals surface area (Å²) in [5, 5.41) is 27.8.